The number of allylic oxidation sites excluding steroid dienone is 2. The highest BCUT2D eigenvalue weighted by Gasteiger charge is 2.05. The van der Waals surface area contributed by atoms with Crippen molar-refractivity contribution >= 4 is 0 Å². The van der Waals surface area contributed by atoms with E-state index in [2.05, 4.69) is 0 Å². The molecule has 0 fully saturated rings. The highest BCUT2D eigenvalue weighted by molar-refractivity contribution is 5.21. The first kappa shape index (κ1) is 9.90. The van der Waals surface area contributed by atoms with Gasteiger partial charge in [0.05, 0.1) is 0 Å². The van der Waals surface area contributed by atoms with Gasteiger partial charge in [-0.05, 0) is 31.9 Å². The van der Waals surface area contributed by atoms with E-state index in [0.29, 0.717) is 12.0 Å². The molecule has 0 saturated heterocycles. The minimum atomic E-state index is -0.778. The number of hydrogen-bond acceptors (Lipinski definition) is 0. The van der Waals surface area contributed by atoms with E-state index in [1.165, 1.54) is 6.07 Å². The van der Waals surface area contributed by atoms with Gasteiger partial charge < -0.3 is 0 Å². The van der Waals surface area contributed by atoms with Crippen LogP contribution in [0.25, 0.3) is 0 Å². The summed E-state index contributed by atoms with van der Waals surface area (Å²) in [5.41, 5.74) is 1.50. The molecular weight excluding hydrogens is 170 g/mol. The van der Waals surface area contributed by atoms with Gasteiger partial charge in [0.1, 0.15) is 0 Å². The number of rotatable bonds is 2. The molecule has 1 aromatic carbocycles. The van der Waals surface area contributed by atoms with Gasteiger partial charge in [-0.15, -0.1) is 0 Å². The first-order chi connectivity index (χ1) is 6.11. The van der Waals surface area contributed by atoms with Crippen LogP contribution < -0.4 is 0 Å². The molecule has 0 aliphatic carbocycles. The number of benzene rings is 1. The smallest absolute Gasteiger partial charge is 0.162 e. The van der Waals surface area contributed by atoms with Gasteiger partial charge in [0.15, 0.2) is 11.6 Å². The van der Waals surface area contributed by atoms with Crippen LogP contribution in [0, 0.1) is 11.6 Å². The average Bonchev–Trinajstić information content (AvgIpc) is 2.07. The van der Waals surface area contributed by atoms with E-state index in [1.807, 2.05) is 19.9 Å². The average molecular weight is 182 g/mol. The van der Waals surface area contributed by atoms with Crippen molar-refractivity contribution in [2.24, 2.45) is 0 Å². The molecule has 0 saturated carbocycles. The van der Waals surface area contributed by atoms with Crippen molar-refractivity contribution in [2.75, 3.05) is 0 Å². The monoisotopic (exact) mass is 182 g/mol. The molecule has 0 amide bonds. The Hall–Kier alpha value is -1.18. The second kappa shape index (κ2) is 4.17. The Balaban J connectivity index is 2.89. The predicted molar refractivity (Wildman–Crippen MR) is 49.5 cm³/mol. The summed E-state index contributed by atoms with van der Waals surface area (Å²) in [7, 11) is 0. The first-order valence-electron chi connectivity index (χ1n) is 4.17. The summed E-state index contributed by atoms with van der Waals surface area (Å²) in [6.45, 7) is 3.86. The maximum atomic E-state index is 13.0. The summed E-state index contributed by atoms with van der Waals surface area (Å²) in [6.07, 6.45) is 2.32. The largest absolute Gasteiger partial charge is 0.204 e. The lowest BCUT2D eigenvalue weighted by molar-refractivity contribution is 0.501. The molecule has 0 aliphatic rings. The highest BCUT2D eigenvalue weighted by atomic mass is 19.2. The second-order valence-electron chi connectivity index (χ2n) is 3.20. The molecule has 1 rings (SSSR count). The normalized spacial score (nSPS) is 9.85. The SMILES string of the molecule is CC(C)=CCc1cccc(F)c1F. The van der Waals surface area contributed by atoms with Crippen LogP contribution in [0.5, 0.6) is 0 Å². The van der Waals surface area contributed by atoms with Crippen molar-refractivity contribution in [2.45, 2.75) is 20.3 Å². The molecule has 0 bridgehead atoms. The molecule has 2 heteroatoms. The number of halogens is 2. The Kier molecular flexibility index (Phi) is 3.18. The van der Waals surface area contributed by atoms with Crippen molar-refractivity contribution in [1.29, 1.82) is 0 Å². The van der Waals surface area contributed by atoms with E-state index < -0.39 is 11.6 Å². The molecule has 70 valence electrons. The van der Waals surface area contributed by atoms with Gasteiger partial charge in [-0.25, -0.2) is 8.78 Å². The lowest BCUT2D eigenvalue weighted by atomic mass is 10.1. The van der Waals surface area contributed by atoms with Crippen LogP contribution in [0.1, 0.15) is 19.4 Å². The Labute approximate surface area is 76.9 Å². The van der Waals surface area contributed by atoms with E-state index in [9.17, 15) is 8.78 Å². The number of hydrogen-bond donors (Lipinski definition) is 0. The van der Waals surface area contributed by atoms with Crippen LogP contribution in [-0.4, -0.2) is 0 Å². The minimum absolute atomic E-state index is 0.404. The summed E-state index contributed by atoms with van der Waals surface area (Å²) >= 11 is 0. The van der Waals surface area contributed by atoms with Gasteiger partial charge in [0.2, 0.25) is 0 Å². The van der Waals surface area contributed by atoms with Gasteiger partial charge >= 0.3 is 0 Å². The Morgan fingerprint density at radius 1 is 1.31 bits per heavy atom. The van der Waals surface area contributed by atoms with Gasteiger partial charge in [-0.1, -0.05) is 23.8 Å². The molecule has 0 nitrogen and oxygen atoms in total. The highest BCUT2D eigenvalue weighted by Crippen LogP contribution is 2.12. The van der Waals surface area contributed by atoms with Crippen molar-refractivity contribution in [3.05, 3.63) is 47.0 Å². The quantitative estimate of drug-likeness (QED) is 0.614. The van der Waals surface area contributed by atoms with Crippen LogP contribution in [0.4, 0.5) is 8.78 Å². The minimum Gasteiger partial charge on any atom is -0.204 e. The van der Waals surface area contributed by atoms with E-state index in [4.69, 9.17) is 0 Å². The molecule has 0 aromatic heterocycles. The summed E-state index contributed by atoms with van der Waals surface area (Å²) in [6, 6.07) is 4.24. The molecule has 0 radical (unpaired) electrons. The van der Waals surface area contributed by atoms with E-state index in [1.54, 1.807) is 6.07 Å². The van der Waals surface area contributed by atoms with E-state index in [-0.39, 0.29) is 0 Å². The van der Waals surface area contributed by atoms with Crippen LogP contribution in [-0.2, 0) is 6.42 Å². The van der Waals surface area contributed by atoms with Gasteiger partial charge in [0, 0.05) is 0 Å². The standard InChI is InChI=1S/C11H12F2/c1-8(2)6-7-9-4-3-5-10(12)11(9)13/h3-6H,7H2,1-2H3. The summed E-state index contributed by atoms with van der Waals surface area (Å²) < 4.78 is 25.8. The molecule has 0 atom stereocenters. The van der Waals surface area contributed by atoms with Crippen molar-refractivity contribution in [3.63, 3.8) is 0 Å². The van der Waals surface area contributed by atoms with E-state index >= 15 is 0 Å². The summed E-state index contributed by atoms with van der Waals surface area (Å²) in [5, 5.41) is 0. The molecular formula is C11H12F2. The van der Waals surface area contributed by atoms with Crippen molar-refractivity contribution < 1.29 is 8.78 Å². The molecule has 1 aromatic rings. The van der Waals surface area contributed by atoms with Gasteiger partial charge in [-0.2, -0.15) is 0 Å². The van der Waals surface area contributed by atoms with Gasteiger partial charge in [-0.3, -0.25) is 0 Å². The van der Waals surface area contributed by atoms with Crippen molar-refractivity contribution in [3.8, 4) is 0 Å². The van der Waals surface area contributed by atoms with Crippen LogP contribution >= 0.6 is 0 Å². The molecule has 0 aliphatic heterocycles. The first-order valence-corrected chi connectivity index (χ1v) is 4.17. The fourth-order valence-electron chi connectivity index (χ4n) is 1.02. The maximum absolute atomic E-state index is 13.0. The molecule has 0 unspecified atom stereocenters. The third kappa shape index (κ3) is 2.65. The van der Waals surface area contributed by atoms with E-state index in [0.717, 1.165) is 11.6 Å². The van der Waals surface area contributed by atoms with Crippen LogP contribution in [0.15, 0.2) is 29.8 Å². The van der Waals surface area contributed by atoms with Gasteiger partial charge in [0.25, 0.3) is 0 Å². The molecule has 13 heavy (non-hydrogen) atoms. The lowest BCUT2D eigenvalue weighted by Crippen LogP contribution is -1.92. The topological polar surface area (TPSA) is 0 Å². The zero-order valence-electron chi connectivity index (χ0n) is 7.77. The predicted octanol–water partition coefficient (Wildman–Crippen LogP) is 3.47. The third-order valence-electron chi connectivity index (χ3n) is 1.76. The Morgan fingerprint density at radius 3 is 2.62 bits per heavy atom. The Morgan fingerprint density at radius 2 is 2.00 bits per heavy atom. The molecule has 0 heterocycles. The molecule has 0 N–H and O–H groups in total. The summed E-state index contributed by atoms with van der Waals surface area (Å²) in [4.78, 5) is 0. The van der Waals surface area contributed by atoms with Crippen LogP contribution in [0.2, 0.25) is 0 Å². The lowest BCUT2D eigenvalue weighted by Gasteiger charge is -2.00. The van der Waals surface area contributed by atoms with Crippen LogP contribution in [0.3, 0.4) is 0 Å². The second-order valence-corrected chi connectivity index (χ2v) is 3.20. The third-order valence-corrected chi connectivity index (χ3v) is 1.76. The Bertz CT molecular complexity index is 323. The summed E-state index contributed by atoms with van der Waals surface area (Å²) in [5.74, 6) is -1.51. The zero-order chi connectivity index (χ0) is 9.84. The fraction of sp³-hybridized carbons (Fsp3) is 0.273. The zero-order valence-corrected chi connectivity index (χ0v) is 7.77. The fourth-order valence-corrected chi connectivity index (χ4v) is 1.02. The van der Waals surface area contributed by atoms with Crippen molar-refractivity contribution in [1.82, 2.24) is 0 Å². The maximum Gasteiger partial charge on any atom is 0.162 e. The molecule has 0 spiro atoms.